The van der Waals surface area contributed by atoms with Crippen LogP contribution >= 0.6 is 0 Å². The number of para-hydroxylation sites is 1. The predicted molar refractivity (Wildman–Crippen MR) is 47.7 cm³/mol. The highest BCUT2D eigenvalue weighted by Crippen LogP contribution is 2.31. The van der Waals surface area contributed by atoms with Crippen LogP contribution in [-0.4, -0.2) is 19.8 Å². The Morgan fingerprint density at radius 3 is 2.53 bits per heavy atom. The van der Waals surface area contributed by atoms with Crippen molar-refractivity contribution in [3.63, 3.8) is 0 Å². The van der Waals surface area contributed by atoms with Gasteiger partial charge in [0, 0.05) is 5.56 Å². The van der Waals surface area contributed by atoms with E-state index in [1.807, 2.05) is 0 Å². The van der Waals surface area contributed by atoms with Crippen molar-refractivity contribution >= 4 is 0 Å². The molecule has 1 fully saturated rings. The largest absolute Gasteiger partial charge is 0.434 e. The van der Waals surface area contributed by atoms with Crippen LogP contribution in [0.25, 0.3) is 0 Å². The fraction of sp³-hybridized carbons (Fsp3) is 0.400. The Kier molecular flexibility index (Phi) is 3.13. The van der Waals surface area contributed by atoms with Gasteiger partial charge < -0.3 is 14.2 Å². The van der Waals surface area contributed by atoms with Crippen molar-refractivity contribution in [2.45, 2.75) is 12.9 Å². The fourth-order valence-corrected chi connectivity index (χ4v) is 1.42. The van der Waals surface area contributed by atoms with Crippen LogP contribution in [-0.2, 0) is 9.47 Å². The Balaban J connectivity index is 2.20. The Morgan fingerprint density at radius 1 is 1.20 bits per heavy atom. The molecule has 0 amide bonds. The molecule has 0 unspecified atom stereocenters. The zero-order valence-corrected chi connectivity index (χ0v) is 7.86. The molecule has 0 saturated carbocycles. The van der Waals surface area contributed by atoms with Gasteiger partial charge in [0.15, 0.2) is 6.29 Å². The molecule has 0 atom stereocenters. The van der Waals surface area contributed by atoms with Crippen LogP contribution in [0.2, 0.25) is 0 Å². The molecule has 1 saturated heterocycles. The van der Waals surface area contributed by atoms with E-state index in [2.05, 4.69) is 4.74 Å². The lowest BCUT2D eigenvalue weighted by Gasteiger charge is -2.14. The molecule has 0 N–H and O–H groups in total. The minimum Gasteiger partial charge on any atom is -0.434 e. The van der Waals surface area contributed by atoms with Crippen molar-refractivity contribution in [2.24, 2.45) is 0 Å². The van der Waals surface area contributed by atoms with Crippen LogP contribution in [0.3, 0.4) is 0 Å². The lowest BCUT2D eigenvalue weighted by atomic mass is 10.2. The monoisotopic (exact) mass is 216 g/mol. The molecule has 0 bridgehead atoms. The van der Waals surface area contributed by atoms with Gasteiger partial charge in [-0.05, 0) is 6.07 Å². The topological polar surface area (TPSA) is 27.7 Å². The molecule has 15 heavy (non-hydrogen) atoms. The fourth-order valence-electron chi connectivity index (χ4n) is 1.42. The summed E-state index contributed by atoms with van der Waals surface area (Å²) in [6.45, 7) is -1.91. The first-order chi connectivity index (χ1) is 7.27. The highest BCUT2D eigenvalue weighted by atomic mass is 19.3. The van der Waals surface area contributed by atoms with Gasteiger partial charge in [0.1, 0.15) is 5.75 Å². The van der Waals surface area contributed by atoms with Gasteiger partial charge in [-0.2, -0.15) is 8.78 Å². The SMILES string of the molecule is FC(F)Oc1ccccc1C1OCCO1. The van der Waals surface area contributed by atoms with Crippen LogP contribution in [0.15, 0.2) is 24.3 Å². The summed E-state index contributed by atoms with van der Waals surface area (Å²) in [5, 5.41) is 0. The van der Waals surface area contributed by atoms with Crippen molar-refractivity contribution < 1.29 is 23.0 Å². The van der Waals surface area contributed by atoms with Gasteiger partial charge in [0.25, 0.3) is 0 Å². The standard InChI is InChI=1S/C10H10F2O3/c11-10(12)15-8-4-2-1-3-7(8)9-13-5-6-14-9/h1-4,9-10H,5-6H2. The third-order valence-corrected chi connectivity index (χ3v) is 2.01. The van der Waals surface area contributed by atoms with Crippen LogP contribution in [0.5, 0.6) is 5.75 Å². The van der Waals surface area contributed by atoms with Gasteiger partial charge in [-0.25, -0.2) is 0 Å². The highest BCUT2D eigenvalue weighted by molar-refractivity contribution is 5.34. The molecular weight excluding hydrogens is 206 g/mol. The molecule has 0 radical (unpaired) electrons. The average Bonchev–Trinajstić information content (AvgIpc) is 2.70. The third-order valence-electron chi connectivity index (χ3n) is 2.01. The Hall–Kier alpha value is -1.20. The van der Waals surface area contributed by atoms with Gasteiger partial charge in [-0.3, -0.25) is 0 Å². The summed E-state index contributed by atoms with van der Waals surface area (Å²) in [6.07, 6.45) is -0.597. The van der Waals surface area contributed by atoms with Crippen molar-refractivity contribution in [2.75, 3.05) is 13.2 Å². The maximum absolute atomic E-state index is 12.1. The summed E-state index contributed by atoms with van der Waals surface area (Å²) in [6, 6.07) is 6.45. The van der Waals surface area contributed by atoms with Crippen LogP contribution in [0, 0.1) is 0 Å². The van der Waals surface area contributed by atoms with Crippen molar-refractivity contribution in [1.29, 1.82) is 0 Å². The number of hydrogen-bond acceptors (Lipinski definition) is 3. The Labute approximate surface area is 85.6 Å². The van der Waals surface area contributed by atoms with Gasteiger partial charge >= 0.3 is 6.61 Å². The van der Waals surface area contributed by atoms with E-state index in [-0.39, 0.29) is 5.75 Å². The number of halogens is 2. The summed E-state index contributed by atoms with van der Waals surface area (Å²) in [4.78, 5) is 0. The third kappa shape index (κ3) is 2.43. The number of hydrogen-bond donors (Lipinski definition) is 0. The van der Waals surface area contributed by atoms with Gasteiger partial charge in [0.05, 0.1) is 13.2 Å². The summed E-state index contributed by atoms with van der Waals surface area (Å²) in [5.41, 5.74) is 0.496. The molecule has 1 aliphatic rings. The average molecular weight is 216 g/mol. The minimum absolute atomic E-state index is 0.0967. The number of benzene rings is 1. The number of alkyl halides is 2. The van der Waals surface area contributed by atoms with Crippen molar-refractivity contribution in [3.05, 3.63) is 29.8 Å². The normalized spacial score (nSPS) is 17.3. The molecule has 82 valence electrons. The van der Waals surface area contributed by atoms with Crippen LogP contribution < -0.4 is 4.74 Å². The van der Waals surface area contributed by atoms with Gasteiger partial charge in [-0.15, -0.1) is 0 Å². The van der Waals surface area contributed by atoms with Gasteiger partial charge in [0.2, 0.25) is 0 Å². The first kappa shape index (κ1) is 10.3. The second-order valence-electron chi connectivity index (χ2n) is 2.99. The molecular formula is C10H10F2O3. The van der Waals surface area contributed by atoms with Crippen LogP contribution in [0.1, 0.15) is 11.9 Å². The maximum atomic E-state index is 12.1. The summed E-state index contributed by atoms with van der Waals surface area (Å²) in [7, 11) is 0. The second kappa shape index (κ2) is 4.55. The molecule has 0 aromatic heterocycles. The first-order valence-electron chi connectivity index (χ1n) is 4.54. The lowest BCUT2D eigenvalue weighted by Crippen LogP contribution is -2.07. The summed E-state index contributed by atoms with van der Waals surface area (Å²) in [5.74, 6) is 0.0967. The zero-order valence-electron chi connectivity index (χ0n) is 7.86. The molecule has 0 aliphatic carbocycles. The minimum atomic E-state index is -2.84. The van der Waals surface area contributed by atoms with E-state index in [1.165, 1.54) is 6.07 Å². The van der Waals surface area contributed by atoms with Crippen LogP contribution in [0.4, 0.5) is 8.78 Å². The quantitative estimate of drug-likeness (QED) is 0.776. The number of ether oxygens (including phenoxy) is 3. The second-order valence-corrected chi connectivity index (χ2v) is 2.99. The maximum Gasteiger partial charge on any atom is 0.387 e. The Bertz CT molecular complexity index is 324. The molecule has 1 aliphatic heterocycles. The summed E-state index contributed by atoms with van der Waals surface area (Å²) >= 11 is 0. The molecule has 5 heteroatoms. The molecule has 2 rings (SSSR count). The molecule has 0 spiro atoms. The van der Waals surface area contributed by atoms with E-state index in [0.717, 1.165) is 0 Å². The van der Waals surface area contributed by atoms with E-state index >= 15 is 0 Å². The van der Waals surface area contributed by atoms with E-state index in [1.54, 1.807) is 18.2 Å². The van der Waals surface area contributed by atoms with E-state index in [9.17, 15) is 8.78 Å². The highest BCUT2D eigenvalue weighted by Gasteiger charge is 2.22. The zero-order chi connectivity index (χ0) is 10.7. The molecule has 3 nitrogen and oxygen atoms in total. The van der Waals surface area contributed by atoms with Gasteiger partial charge in [-0.1, -0.05) is 18.2 Å². The van der Waals surface area contributed by atoms with E-state index < -0.39 is 12.9 Å². The Morgan fingerprint density at radius 2 is 1.87 bits per heavy atom. The smallest absolute Gasteiger partial charge is 0.387 e. The summed E-state index contributed by atoms with van der Waals surface area (Å²) < 4.78 is 39.0. The predicted octanol–water partition coefficient (Wildman–Crippen LogP) is 2.33. The van der Waals surface area contributed by atoms with Crippen molar-refractivity contribution in [1.82, 2.24) is 0 Å². The molecule has 1 aromatic carbocycles. The van der Waals surface area contributed by atoms with Crippen molar-refractivity contribution in [3.8, 4) is 5.75 Å². The molecule has 1 heterocycles. The molecule has 1 aromatic rings. The number of rotatable bonds is 3. The van der Waals surface area contributed by atoms with E-state index in [0.29, 0.717) is 18.8 Å². The van der Waals surface area contributed by atoms with E-state index in [4.69, 9.17) is 9.47 Å². The first-order valence-corrected chi connectivity index (χ1v) is 4.54. The lowest BCUT2D eigenvalue weighted by molar-refractivity contribution is -0.0659.